The maximum atomic E-state index is 12.3. The van der Waals surface area contributed by atoms with Crippen LogP contribution in [0.15, 0.2) is 65.8 Å². The van der Waals surface area contributed by atoms with Crippen molar-refractivity contribution in [3.05, 3.63) is 71.1 Å². The van der Waals surface area contributed by atoms with Crippen LogP contribution in [0.25, 0.3) is 10.4 Å². The van der Waals surface area contributed by atoms with Crippen LogP contribution in [0.1, 0.15) is 55.4 Å². The Morgan fingerprint density at radius 2 is 1.34 bits per heavy atom. The summed E-state index contributed by atoms with van der Waals surface area (Å²) in [4.78, 5) is 3.14. The van der Waals surface area contributed by atoms with Crippen LogP contribution in [0.5, 0.6) is 0 Å². The summed E-state index contributed by atoms with van der Waals surface area (Å²) in [6.45, 7) is 20.4. The number of benzene rings is 2. The van der Waals surface area contributed by atoms with Gasteiger partial charge in [0.05, 0.1) is 6.61 Å². The third-order valence-electron chi connectivity index (χ3n) is 10.5. The summed E-state index contributed by atoms with van der Waals surface area (Å²) >= 11 is 0. The van der Waals surface area contributed by atoms with Crippen LogP contribution in [-0.2, 0) is 42.0 Å². The molecule has 0 amide bonds. The van der Waals surface area contributed by atoms with Gasteiger partial charge in [0.2, 0.25) is 0 Å². The van der Waals surface area contributed by atoms with Gasteiger partial charge < -0.3 is 47.1 Å². The summed E-state index contributed by atoms with van der Waals surface area (Å²) in [7, 11) is -2.53. The zero-order chi connectivity index (χ0) is 39.2. The first-order valence-corrected chi connectivity index (χ1v) is 23.0. The quantitative estimate of drug-likeness (QED) is 0.0768. The van der Waals surface area contributed by atoms with Crippen molar-refractivity contribution < 1.29 is 47.1 Å². The number of nitrogens with zero attached hydrogens (tertiary/aromatic N) is 3. The number of aliphatic hydroxyl groups excluding tert-OH is 1. The maximum Gasteiger partial charge on any atom is 0.261 e. The van der Waals surface area contributed by atoms with Crippen LogP contribution < -0.4 is 10.4 Å². The van der Waals surface area contributed by atoms with Gasteiger partial charge in [-0.3, -0.25) is 0 Å². The minimum absolute atomic E-state index is 0.0584. The molecule has 2 fully saturated rings. The number of hydrogen-bond acceptors (Lipinski definition) is 11. The van der Waals surface area contributed by atoms with Crippen LogP contribution in [-0.4, -0.2) is 111 Å². The molecular formula is C38H61N3O10Si2. The molecular weight excluding hydrogens is 715 g/mol. The number of methoxy groups -OCH3 is 2. The number of aliphatic hydroxyl groups is 1. The van der Waals surface area contributed by atoms with Crippen LogP contribution in [0.3, 0.4) is 0 Å². The van der Waals surface area contributed by atoms with Gasteiger partial charge >= 0.3 is 0 Å². The lowest BCUT2D eigenvalue weighted by Gasteiger charge is -2.53. The van der Waals surface area contributed by atoms with Gasteiger partial charge in [0.25, 0.3) is 8.32 Å². The highest BCUT2D eigenvalue weighted by Crippen LogP contribution is 2.43. The summed E-state index contributed by atoms with van der Waals surface area (Å²) in [5.41, 5.74) is 9.72. The van der Waals surface area contributed by atoms with Crippen LogP contribution in [0.4, 0.5) is 0 Å². The molecule has 2 aliphatic rings. The lowest BCUT2D eigenvalue weighted by Crippen LogP contribution is -2.70. The molecule has 0 spiro atoms. The molecule has 4 rings (SSSR count). The van der Waals surface area contributed by atoms with Gasteiger partial charge in [0.15, 0.2) is 20.4 Å². The van der Waals surface area contributed by atoms with Crippen LogP contribution >= 0.6 is 0 Å². The average molecular weight is 776 g/mol. The molecule has 2 heterocycles. The molecule has 2 aromatic rings. The highest BCUT2D eigenvalue weighted by atomic mass is 28.4. The minimum atomic E-state index is -3.00. The van der Waals surface area contributed by atoms with Gasteiger partial charge in [-0.25, -0.2) is 0 Å². The smallest absolute Gasteiger partial charge is 0.261 e. The highest BCUT2D eigenvalue weighted by Gasteiger charge is 2.58. The van der Waals surface area contributed by atoms with E-state index in [4.69, 9.17) is 42.0 Å². The van der Waals surface area contributed by atoms with Gasteiger partial charge in [-0.2, -0.15) is 0 Å². The first-order chi connectivity index (χ1) is 24.8. The summed E-state index contributed by atoms with van der Waals surface area (Å²) in [6.07, 6.45) is -7.07. The third kappa shape index (κ3) is 9.78. The van der Waals surface area contributed by atoms with E-state index in [0.717, 1.165) is 10.4 Å². The first-order valence-electron chi connectivity index (χ1n) is 18.2. The van der Waals surface area contributed by atoms with E-state index in [9.17, 15) is 10.6 Å². The molecule has 0 aromatic heterocycles. The van der Waals surface area contributed by atoms with Crippen molar-refractivity contribution in [3.8, 4) is 0 Å². The molecule has 2 saturated heterocycles. The van der Waals surface area contributed by atoms with E-state index in [1.165, 1.54) is 14.2 Å². The monoisotopic (exact) mass is 775 g/mol. The lowest BCUT2D eigenvalue weighted by molar-refractivity contribution is -0.376. The standard InChI is InChI=1S/C38H61N3O10Si2/c1-36(2,3)52(11,12)51-35-29(40-41-39)31(45-24-43-9)33(46-25-44-10)34(48-35)32-30(42)28(49-38(7,8)50-32)23-47-53(37(4,5)6,26-19-15-13-16-20-26)27-21-17-14-18-22-27/h13-22,28-35,42H,23-25H2,1-12H3/t28-,29+,30-,31-,32-,33+,34-,35-/m0/s1. The first kappa shape index (κ1) is 43.5. The molecule has 0 saturated carbocycles. The Kier molecular flexibility index (Phi) is 14.5. The van der Waals surface area contributed by atoms with Crippen molar-refractivity contribution in [2.75, 3.05) is 34.4 Å². The van der Waals surface area contributed by atoms with E-state index in [1.54, 1.807) is 13.8 Å². The summed E-state index contributed by atoms with van der Waals surface area (Å²) in [5, 5.41) is 18.1. The Hall–Kier alpha value is -2.22. The van der Waals surface area contributed by atoms with Crippen molar-refractivity contribution in [3.63, 3.8) is 0 Å². The topological polar surface area (TPSA) is 152 Å². The number of hydrogen-bond donors (Lipinski definition) is 1. The van der Waals surface area contributed by atoms with Gasteiger partial charge in [-0.1, -0.05) is 107 Å². The van der Waals surface area contributed by atoms with Gasteiger partial charge in [0.1, 0.15) is 56.3 Å². The van der Waals surface area contributed by atoms with E-state index in [2.05, 4.69) is 88.9 Å². The molecule has 53 heavy (non-hydrogen) atoms. The van der Waals surface area contributed by atoms with E-state index >= 15 is 0 Å². The molecule has 296 valence electrons. The van der Waals surface area contributed by atoms with Crippen molar-refractivity contribution in [2.24, 2.45) is 5.11 Å². The fourth-order valence-corrected chi connectivity index (χ4v) is 12.7. The molecule has 0 bridgehead atoms. The van der Waals surface area contributed by atoms with E-state index in [1.807, 2.05) is 36.4 Å². The molecule has 15 heteroatoms. The molecule has 2 aliphatic heterocycles. The number of ether oxygens (including phenoxy) is 7. The predicted molar refractivity (Wildman–Crippen MR) is 207 cm³/mol. The van der Waals surface area contributed by atoms with Gasteiger partial charge in [-0.15, -0.1) is 0 Å². The second-order valence-electron chi connectivity index (χ2n) is 16.7. The lowest BCUT2D eigenvalue weighted by atomic mass is 9.89. The molecule has 0 unspecified atom stereocenters. The Morgan fingerprint density at radius 1 is 0.811 bits per heavy atom. The maximum absolute atomic E-state index is 12.3. The van der Waals surface area contributed by atoms with Gasteiger partial charge in [-0.05, 0) is 52.9 Å². The number of rotatable bonds is 15. The Bertz CT molecular complexity index is 1450. The van der Waals surface area contributed by atoms with Crippen LogP contribution in [0, 0.1) is 0 Å². The summed E-state index contributed by atoms with van der Waals surface area (Å²) in [5.74, 6) is -1.18. The molecule has 0 radical (unpaired) electrons. The highest BCUT2D eigenvalue weighted by molar-refractivity contribution is 6.99. The van der Waals surface area contributed by atoms with E-state index in [-0.39, 0.29) is 30.3 Å². The SMILES string of the molecule is COCO[C@H]1[C@H]([C@H]2OC(C)(C)O[C@@H](CO[Si](c3ccccc3)(c3ccccc3)C(C)(C)C)[C@@H]2O)O[C@@H](O[Si](C)(C)C(C)(C)C)[C@H](N=[N+]=[N-])[C@@H]1OCOC. The normalized spacial score (nSPS) is 28.3. The van der Waals surface area contributed by atoms with Crippen molar-refractivity contribution in [1.82, 2.24) is 0 Å². The molecule has 13 nitrogen and oxygen atoms in total. The Morgan fingerprint density at radius 3 is 1.81 bits per heavy atom. The zero-order valence-electron chi connectivity index (χ0n) is 33.5. The van der Waals surface area contributed by atoms with Gasteiger partial charge in [0, 0.05) is 19.1 Å². The fourth-order valence-electron chi connectivity index (χ4n) is 6.97. The molecule has 1 N–H and O–H groups in total. The number of azide groups is 1. The van der Waals surface area contributed by atoms with E-state index < -0.39 is 71.4 Å². The zero-order valence-corrected chi connectivity index (χ0v) is 35.5. The molecule has 2 aromatic carbocycles. The fraction of sp³-hybridized carbons (Fsp3) is 0.684. The van der Waals surface area contributed by atoms with Crippen molar-refractivity contribution in [2.45, 2.75) is 133 Å². The van der Waals surface area contributed by atoms with Crippen LogP contribution in [0.2, 0.25) is 23.2 Å². The van der Waals surface area contributed by atoms with Crippen molar-refractivity contribution in [1.29, 1.82) is 0 Å². The predicted octanol–water partition coefficient (Wildman–Crippen LogP) is 5.85. The second kappa shape index (κ2) is 17.7. The van der Waals surface area contributed by atoms with Crippen molar-refractivity contribution >= 4 is 27.0 Å². The Labute approximate surface area is 317 Å². The largest absolute Gasteiger partial charge is 0.405 e. The minimum Gasteiger partial charge on any atom is -0.405 e. The summed E-state index contributed by atoms with van der Waals surface area (Å²) in [6, 6.07) is 19.6. The average Bonchev–Trinajstić information content (AvgIpc) is 3.08. The second-order valence-corrected chi connectivity index (χ2v) is 25.8. The third-order valence-corrected chi connectivity index (χ3v) is 19.9. The summed E-state index contributed by atoms with van der Waals surface area (Å²) < 4.78 is 56.9. The molecule has 0 aliphatic carbocycles. The molecule has 8 atom stereocenters. The Balaban J connectivity index is 1.78. The van der Waals surface area contributed by atoms with E-state index in [0.29, 0.717) is 0 Å².